The van der Waals surface area contributed by atoms with E-state index in [1.165, 1.54) is 0 Å². The first-order chi connectivity index (χ1) is 6.93. The van der Waals surface area contributed by atoms with E-state index in [1.54, 1.807) is 0 Å². The zero-order valence-corrected chi connectivity index (χ0v) is 7.68. The topological polar surface area (TPSA) is 243 Å². The van der Waals surface area contributed by atoms with E-state index in [1.807, 2.05) is 0 Å². The van der Waals surface area contributed by atoms with Crippen LogP contribution in [0.4, 0.5) is 0 Å². The van der Waals surface area contributed by atoms with E-state index in [-0.39, 0.29) is 45.5 Å². The fraction of sp³-hybridized carbons (Fsp3) is 0. The molecule has 0 bridgehead atoms. The average Bonchev–Trinajstić information content (AvgIpc) is 1.76. The summed E-state index contributed by atoms with van der Waals surface area (Å²) in [6.07, 6.45) is 0. The van der Waals surface area contributed by atoms with Crippen LogP contribution in [0, 0.1) is 0 Å². The van der Waals surface area contributed by atoms with E-state index in [0.29, 0.717) is 0 Å². The molecule has 17 heteroatoms. The molecule has 12 nitrogen and oxygen atoms in total. The van der Waals surface area contributed by atoms with Gasteiger partial charge in [0.05, 0.1) is 0 Å². The van der Waals surface area contributed by atoms with Crippen molar-refractivity contribution in [1.29, 1.82) is 0 Å². The zero-order valence-electron chi connectivity index (χ0n) is 7.68. The Labute approximate surface area is 134 Å². The van der Waals surface area contributed by atoms with E-state index >= 15 is 0 Å². The van der Waals surface area contributed by atoms with Gasteiger partial charge in [-0.3, -0.25) is 0 Å². The molecule has 100 valence electrons. The van der Waals surface area contributed by atoms with E-state index in [2.05, 4.69) is 0 Å². The van der Waals surface area contributed by atoms with Gasteiger partial charge in [-0.25, -0.2) is 0 Å². The molecule has 0 aliphatic rings. The van der Waals surface area contributed by atoms with Gasteiger partial charge in [0.15, 0.2) is 0 Å². The molecule has 0 heterocycles. The fourth-order valence-electron chi connectivity index (χ4n) is 0. The number of hydrogen-bond donors (Lipinski definition) is 12. The van der Waals surface area contributed by atoms with Crippen molar-refractivity contribution >= 4 is 74.8 Å². The van der Waals surface area contributed by atoms with Gasteiger partial charge in [0, 0.05) is 0 Å². The fourth-order valence-corrected chi connectivity index (χ4v) is 0. The molecule has 0 amide bonds. The van der Waals surface area contributed by atoms with Crippen LogP contribution in [0.1, 0.15) is 0 Å². The number of hydrogen-bond acceptors (Lipinski definition) is 12. The van der Waals surface area contributed by atoms with Crippen molar-refractivity contribution in [2.24, 2.45) is 0 Å². The average molecular weight is 337 g/mol. The minimum absolute atomic E-state index is 0. The molecule has 0 aromatic heterocycles. The van der Waals surface area contributed by atoms with E-state index in [4.69, 9.17) is 60.3 Å². The third kappa shape index (κ3) is 2530. The van der Waals surface area contributed by atoms with Crippen LogP contribution in [0.2, 0.25) is 0 Å². The summed E-state index contributed by atoms with van der Waals surface area (Å²) in [5.41, 5.74) is 0. The molecule has 0 aliphatic carbocycles. The van der Waals surface area contributed by atoms with Crippen LogP contribution >= 0.6 is 0 Å². The summed E-state index contributed by atoms with van der Waals surface area (Å²) >= 11 is 0. The molecule has 12 N–H and O–H groups in total. The molecule has 17 heavy (non-hydrogen) atoms. The van der Waals surface area contributed by atoms with Gasteiger partial charge in [0.2, 0.25) is 0 Å². The maximum atomic E-state index is 7.17. The summed E-state index contributed by atoms with van der Waals surface area (Å²) in [5, 5.41) is 86.0. The summed E-state index contributed by atoms with van der Waals surface area (Å²) in [4.78, 5) is 0. The zero-order chi connectivity index (χ0) is 14.3. The van der Waals surface area contributed by atoms with Gasteiger partial charge in [-0.15, -0.1) is 0 Å². The van der Waals surface area contributed by atoms with Gasteiger partial charge in [-0.05, 0) is 0 Å². The van der Waals surface area contributed by atoms with Crippen molar-refractivity contribution in [3.63, 3.8) is 0 Å². The quantitative estimate of drug-likeness (QED) is 0.184. The molecular formula is H14B4O12Sr. The van der Waals surface area contributed by atoms with E-state index in [0.717, 1.165) is 0 Å². The van der Waals surface area contributed by atoms with Crippen LogP contribution in [0.15, 0.2) is 0 Å². The Morgan fingerprint density at radius 1 is 0.294 bits per heavy atom. The van der Waals surface area contributed by atoms with Gasteiger partial charge in [-0.2, -0.15) is 0 Å². The standard InChI is InChI=1S/4BH3O3.Sr.2H/c4*2-1(3)4;;;/h4*2-4H;;;. The Morgan fingerprint density at radius 2 is 0.294 bits per heavy atom. The molecule has 0 rings (SSSR count). The second-order valence-electron chi connectivity index (χ2n) is 1.39. The molecular weight excluding hydrogens is 323 g/mol. The molecule has 0 radical (unpaired) electrons. The van der Waals surface area contributed by atoms with Gasteiger partial charge in [0.1, 0.15) is 0 Å². The van der Waals surface area contributed by atoms with Crippen molar-refractivity contribution < 1.29 is 60.3 Å². The van der Waals surface area contributed by atoms with Crippen LogP contribution in [-0.2, 0) is 0 Å². The van der Waals surface area contributed by atoms with Crippen LogP contribution in [0.25, 0.3) is 0 Å². The summed E-state index contributed by atoms with van der Waals surface area (Å²) < 4.78 is 0. The van der Waals surface area contributed by atoms with Crippen molar-refractivity contribution in [1.82, 2.24) is 0 Å². The Bertz CT molecular complexity index is 61.5. The Kier molecular flexibility index (Phi) is 47.2. The van der Waals surface area contributed by atoms with Crippen molar-refractivity contribution in [3.8, 4) is 0 Å². The molecule has 0 aromatic rings. The van der Waals surface area contributed by atoms with Crippen molar-refractivity contribution in [2.45, 2.75) is 0 Å². The maximum absolute atomic E-state index is 7.17. The van der Waals surface area contributed by atoms with E-state index < -0.39 is 29.3 Å². The van der Waals surface area contributed by atoms with E-state index in [9.17, 15) is 0 Å². The second kappa shape index (κ2) is 26.0. The molecule has 0 spiro atoms. The predicted octanol–water partition coefficient (Wildman–Crippen LogP) is -9.12. The van der Waals surface area contributed by atoms with Crippen LogP contribution in [0.3, 0.4) is 0 Å². The molecule has 0 fully saturated rings. The minimum atomic E-state index is -2.17. The summed E-state index contributed by atoms with van der Waals surface area (Å²) in [6, 6.07) is 0. The van der Waals surface area contributed by atoms with Gasteiger partial charge >= 0.3 is 74.8 Å². The van der Waals surface area contributed by atoms with Crippen LogP contribution in [-0.4, -0.2) is 135 Å². The van der Waals surface area contributed by atoms with Gasteiger partial charge in [-0.1, -0.05) is 0 Å². The molecule has 0 aliphatic heterocycles. The van der Waals surface area contributed by atoms with Crippen molar-refractivity contribution in [3.05, 3.63) is 0 Å². The third-order valence-corrected chi connectivity index (χ3v) is 0. The SMILES string of the molecule is OB(O)O.OB(O)O.OB(O)O.OB(O)O.[SrH2]. The Hall–Kier alpha value is 1.26. The Balaban J connectivity index is -0.0000000369. The Morgan fingerprint density at radius 3 is 0.294 bits per heavy atom. The normalized spacial score (nSPS) is 6.35. The molecule has 0 aromatic carbocycles. The van der Waals surface area contributed by atoms with Gasteiger partial charge < -0.3 is 60.3 Å². The van der Waals surface area contributed by atoms with Crippen LogP contribution in [0.5, 0.6) is 0 Å². The molecule has 0 atom stereocenters. The molecule has 0 unspecified atom stereocenters. The summed E-state index contributed by atoms with van der Waals surface area (Å²) in [7, 11) is -8.67. The third-order valence-electron chi connectivity index (χ3n) is 0. The monoisotopic (exact) mass is 338 g/mol. The molecule has 0 saturated heterocycles. The first kappa shape index (κ1) is 30.9. The van der Waals surface area contributed by atoms with Gasteiger partial charge in [0.25, 0.3) is 0 Å². The predicted molar refractivity (Wildman–Crippen MR) is 58.2 cm³/mol. The number of rotatable bonds is 0. The molecule has 0 saturated carbocycles. The first-order valence-corrected chi connectivity index (χ1v) is 3.10. The summed E-state index contributed by atoms with van der Waals surface area (Å²) in [6.45, 7) is 0. The van der Waals surface area contributed by atoms with Crippen molar-refractivity contribution in [2.75, 3.05) is 0 Å². The summed E-state index contributed by atoms with van der Waals surface area (Å²) in [5.74, 6) is 0. The first-order valence-electron chi connectivity index (χ1n) is 3.10. The van der Waals surface area contributed by atoms with Crippen LogP contribution < -0.4 is 0 Å². The second-order valence-corrected chi connectivity index (χ2v) is 1.39.